The van der Waals surface area contributed by atoms with Crippen LogP contribution in [0.1, 0.15) is 18.5 Å². The van der Waals surface area contributed by atoms with Crippen molar-refractivity contribution in [3.8, 4) is 16.8 Å². The monoisotopic (exact) mass is 331 g/mol. The van der Waals surface area contributed by atoms with Crippen LogP contribution >= 0.6 is 0 Å². The Morgan fingerprint density at radius 1 is 1.00 bits per heavy atom. The highest BCUT2D eigenvalue weighted by atomic mass is 19.1. The van der Waals surface area contributed by atoms with Gasteiger partial charge in [-0.2, -0.15) is 0 Å². The number of fused-ring (bicyclic) bond motifs is 1. The van der Waals surface area contributed by atoms with Gasteiger partial charge in [0.2, 0.25) is 0 Å². The lowest BCUT2D eigenvalue weighted by Crippen LogP contribution is -2.04. The van der Waals surface area contributed by atoms with Gasteiger partial charge in [0.25, 0.3) is 0 Å². The Kier molecular flexibility index (Phi) is 3.82. The van der Waals surface area contributed by atoms with Crippen LogP contribution < -0.4 is 5.73 Å². The number of rotatable bonds is 3. The molecule has 0 aliphatic rings. The molecule has 4 rings (SSSR count). The Hall–Kier alpha value is -2.98. The third-order valence-corrected chi connectivity index (χ3v) is 4.41. The molecule has 2 N–H and O–H groups in total. The summed E-state index contributed by atoms with van der Waals surface area (Å²) in [6.45, 7) is 1.95. The average Bonchev–Trinajstić information content (AvgIpc) is 3.05. The smallest absolute Gasteiger partial charge is 0.131 e. The maximum Gasteiger partial charge on any atom is 0.131 e. The normalized spacial score (nSPS) is 12.4. The van der Waals surface area contributed by atoms with Crippen LogP contribution in [0.4, 0.5) is 4.39 Å². The topological polar surface area (TPSA) is 43.8 Å². The molecule has 0 saturated heterocycles. The van der Waals surface area contributed by atoms with Crippen LogP contribution in [0.2, 0.25) is 0 Å². The first kappa shape index (κ1) is 15.5. The van der Waals surface area contributed by atoms with Gasteiger partial charge in [-0.3, -0.25) is 4.57 Å². The summed E-state index contributed by atoms with van der Waals surface area (Å²) in [4.78, 5) is 4.49. The highest BCUT2D eigenvalue weighted by Crippen LogP contribution is 2.27. The van der Waals surface area contributed by atoms with Gasteiger partial charge in [-0.1, -0.05) is 36.4 Å². The molecule has 3 nitrogen and oxygen atoms in total. The molecule has 1 aromatic heterocycles. The molecule has 0 spiro atoms. The van der Waals surface area contributed by atoms with Gasteiger partial charge >= 0.3 is 0 Å². The van der Waals surface area contributed by atoms with E-state index in [1.165, 1.54) is 6.07 Å². The van der Waals surface area contributed by atoms with E-state index in [4.69, 9.17) is 5.73 Å². The zero-order chi connectivity index (χ0) is 17.4. The molecule has 0 amide bonds. The fraction of sp³-hybridized carbons (Fsp3) is 0.0952. The number of halogens is 1. The first-order valence-corrected chi connectivity index (χ1v) is 8.21. The van der Waals surface area contributed by atoms with Crippen molar-refractivity contribution in [2.24, 2.45) is 5.73 Å². The van der Waals surface area contributed by atoms with Crippen LogP contribution in [0.15, 0.2) is 73.1 Å². The SMILES string of the molecule is CC(N)c1ccc2c(c1)ncn2-c1cccc(-c2ccccc2F)c1. The fourth-order valence-electron chi connectivity index (χ4n) is 3.04. The summed E-state index contributed by atoms with van der Waals surface area (Å²) in [5, 5.41) is 0. The molecule has 4 aromatic rings. The van der Waals surface area contributed by atoms with E-state index in [9.17, 15) is 4.39 Å². The molecular formula is C21H18FN3. The fourth-order valence-corrected chi connectivity index (χ4v) is 3.04. The number of benzene rings is 3. The van der Waals surface area contributed by atoms with Crippen LogP contribution in [-0.2, 0) is 0 Å². The number of nitrogens with zero attached hydrogens (tertiary/aromatic N) is 2. The van der Waals surface area contributed by atoms with Gasteiger partial charge in [0.1, 0.15) is 12.1 Å². The van der Waals surface area contributed by atoms with Gasteiger partial charge in [0, 0.05) is 17.3 Å². The predicted molar refractivity (Wildman–Crippen MR) is 99.1 cm³/mol. The molecule has 1 heterocycles. The third-order valence-electron chi connectivity index (χ3n) is 4.41. The van der Waals surface area contributed by atoms with Gasteiger partial charge < -0.3 is 5.73 Å². The summed E-state index contributed by atoms with van der Waals surface area (Å²) in [5.74, 6) is -0.225. The summed E-state index contributed by atoms with van der Waals surface area (Å²) >= 11 is 0. The second-order valence-electron chi connectivity index (χ2n) is 6.18. The molecule has 124 valence electrons. The van der Waals surface area contributed by atoms with Gasteiger partial charge in [-0.15, -0.1) is 0 Å². The van der Waals surface area contributed by atoms with Crippen molar-refractivity contribution in [2.75, 3.05) is 0 Å². The molecule has 0 saturated carbocycles. The van der Waals surface area contributed by atoms with Gasteiger partial charge in [0.05, 0.1) is 11.0 Å². The van der Waals surface area contributed by atoms with E-state index in [0.717, 1.165) is 27.8 Å². The van der Waals surface area contributed by atoms with Crippen molar-refractivity contribution >= 4 is 11.0 Å². The van der Waals surface area contributed by atoms with E-state index in [0.29, 0.717) is 5.56 Å². The Morgan fingerprint density at radius 2 is 1.84 bits per heavy atom. The summed E-state index contributed by atoms with van der Waals surface area (Å²) in [6.07, 6.45) is 1.79. The molecule has 1 atom stereocenters. The van der Waals surface area contributed by atoms with Crippen LogP contribution in [-0.4, -0.2) is 9.55 Å². The van der Waals surface area contributed by atoms with E-state index in [-0.39, 0.29) is 11.9 Å². The molecule has 0 aliphatic carbocycles. The lowest BCUT2D eigenvalue weighted by Gasteiger charge is -2.09. The number of hydrogen-bond donors (Lipinski definition) is 1. The van der Waals surface area contributed by atoms with E-state index >= 15 is 0 Å². The lowest BCUT2D eigenvalue weighted by atomic mass is 10.0. The summed E-state index contributed by atoms with van der Waals surface area (Å²) < 4.78 is 16.1. The maximum absolute atomic E-state index is 14.1. The van der Waals surface area contributed by atoms with Gasteiger partial charge in [-0.05, 0) is 48.4 Å². The Bertz CT molecular complexity index is 1050. The number of nitrogens with two attached hydrogens (primary N) is 1. The summed E-state index contributed by atoms with van der Waals surface area (Å²) in [5.41, 5.74) is 11.3. The van der Waals surface area contributed by atoms with Crippen molar-refractivity contribution < 1.29 is 4.39 Å². The number of imidazole rings is 1. The third kappa shape index (κ3) is 2.81. The molecule has 0 radical (unpaired) electrons. The number of hydrogen-bond acceptors (Lipinski definition) is 2. The molecule has 25 heavy (non-hydrogen) atoms. The molecule has 1 unspecified atom stereocenters. The Labute approximate surface area is 145 Å². The molecule has 0 aliphatic heterocycles. The minimum absolute atomic E-state index is 0.0288. The average molecular weight is 331 g/mol. The van der Waals surface area contributed by atoms with Crippen molar-refractivity contribution in [3.63, 3.8) is 0 Å². The predicted octanol–water partition coefficient (Wildman–Crippen LogP) is 4.85. The van der Waals surface area contributed by atoms with Gasteiger partial charge in [0.15, 0.2) is 0 Å². The zero-order valence-corrected chi connectivity index (χ0v) is 13.9. The van der Waals surface area contributed by atoms with Crippen molar-refractivity contribution in [1.82, 2.24) is 9.55 Å². The minimum atomic E-state index is -0.225. The summed E-state index contributed by atoms with van der Waals surface area (Å²) in [7, 11) is 0. The standard InChI is InChI=1S/C21H18FN3/c1-14(23)15-9-10-21-20(12-15)24-13-25(21)17-6-4-5-16(11-17)18-7-2-3-8-19(18)22/h2-14H,23H2,1H3. The molecule has 4 heteroatoms. The van der Waals surface area contributed by atoms with E-state index in [2.05, 4.69) is 4.98 Å². The van der Waals surface area contributed by atoms with Crippen LogP contribution in [0.5, 0.6) is 0 Å². The molecule has 3 aromatic carbocycles. The Balaban J connectivity index is 1.82. The Morgan fingerprint density at radius 3 is 2.64 bits per heavy atom. The van der Waals surface area contributed by atoms with Crippen LogP contribution in [0.3, 0.4) is 0 Å². The van der Waals surface area contributed by atoms with Crippen LogP contribution in [0, 0.1) is 5.82 Å². The van der Waals surface area contributed by atoms with Crippen LogP contribution in [0.25, 0.3) is 27.8 Å². The quantitative estimate of drug-likeness (QED) is 0.583. The van der Waals surface area contributed by atoms with Crippen molar-refractivity contribution in [1.29, 1.82) is 0 Å². The first-order valence-electron chi connectivity index (χ1n) is 8.21. The van der Waals surface area contributed by atoms with Gasteiger partial charge in [-0.25, -0.2) is 9.37 Å². The van der Waals surface area contributed by atoms with Crippen molar-refractivity contribution in [3.05, 3.63) is 84.4 Å². The van der Waals surface area contributed by atoms with E-state index in [1.54, 1.807) is 18.5 Å². The molecular weight excluding hydrogens is 313 g/mol. The number of aromatic nitrogens is 2. The first-order chi connectivity index (χ1) is 12.1. The highest BCUT2D eigenvalue weighted by Gasteiger charge is 2.09. The van der Waals surface area contributed by atoms with Crippen molar-refractivity contribution in [2.45, 2.75) is 13.0 Å². The second-order valence-corrected chi connectivity index (χ2v) is 6.18. The second kappa shape index (κ2) is 6.15. The van der Waals surface area contributed by atoms with E-state index in [1.807, 2.05) is 60.0 Å². The highest BCUT2D eigenvalue weighted by molar-refractivity contribution is 5.79. The molecule has 0 fully saturated rings. The van der Waals surface area contributed by atoms with E-state index < -0.39 is 0 Å². The summed E-state index contributed by atoms with van der Waals surface area (Å²) in [6, 6.07) is 20.6. The lowest BCUT2D eigenvalue weighted by molar-refractivity contribution is 0.631. The minimum Gasteiger partial charge on any atom is -0.324 e. The zero-order valence-electron chi connectivity index (χ0n) is 13.9. The molecule has 0 bridgehead atoms. The largest absolute Gasteiger partial charge is 0.324 e. The maximum atomic E-state index is 14.1.